The molecule has 0 heterocycles. The Bertz CT molecular complexity index is 889. The number of aryl methyl sites for hydroxylation is 1. The minimum absolute atomic E-state index is 0. The van der Waals surface area contributed by atoms with Gasteiger partial charge in [0.2, 0.25) is 0 Å². The maximum Gasteiger partial charge on any atom is 0.261 e. The number of halogens is 2. The van der Waals surface area contributed by atoms with Crippen LogP contribution in [0.15, 0.2) is 47.4 Å². The van der Waals surface area contributed by atoms with E-state index in [1.807, 2.05) is 6.92 Å². The largest absolute Gasteiger partial charge is 0.352 e. The Hall–Kier alpha value is -2.16. The van der Waals surface area contributed by atoms with Crippen LogP contribution in [-0.2, 0) is 10.0 Å². The summed E-state index contributed by atoms with van der Waals surface area (Å²) < 4.78 is 40.4. The van der Waals surface area contributed by atoms with Gasteiger partial charge in [-0.1, -0.05) is 13.0 Å². The maximum atomic E-state index is 13.0. The number of hydrogen-bond donors (Lipinski definition) is 3. The third kappa shape index (κ3) is 6.20. The third-order valence-electron chi connectivity index (χ3n) is 3.87. The lowest BCUT2D eigenvalue weighted by atomic mass is 10.1. The molecule has 0 aliphatic carbocycles. The molecule has 6 nitrogen and oxygen atoms in total. The van der Waals surface area contributed by atoms with Crippen LogP contribution in [0.3, 0.4) is 0 Å². The van der Waals surface area contributed by atoms with Gasteiger partial charge in [-0.2, -0.15) is 0 Å². The molecule has 0 aromatic heterocycles. The lowest BCUT2D eigenvalue weighted by molar-refractivity contribution is 0.0947. The Balaban J connectivity index is 0.00000364. The number of sulfonamides is 1. The van der Waals surface area contributed by atoms with E-state index in [9.17, 15) is 17.6 Å². The number of nitrogens with two attached hydrogens (primary N) is 1. The Morgan fingerprint density at radius 2 is 1.81 bits per heavy atom. The summed E-state index contributed by atoms with van der Waals surface area (Å²) >= 11 is 0. The van der Waals surface area contributed by atoms with E-state index in [2.05, 4.69) is 10.0 Å². The smallest absolute Gasteiger partial charge is 0.261 e. The van der Waals surface area contributed by atoms with Crippen molar-refractivity contribution in [3.05, 3.63) is 59.4 Å². The summed E-state index contributed by atoms with van der Waals surface area (Å²) in [5.41, 5.74) is 6.69. The highest BCUT2D eigenvalue weighted by molar-refractivity contribution is 7.92. The molecule has 4 N–H and O–H groups in total. The van der Waals surface area contributed by atoms with Crippen molar-refractivity contribution < 1.29 is 17.6 Å². The van der Waals surface area contributed by atoms with Gasteiger partial charge in [-0.15, -0.1) is 12.4 Å². The highest BCUT2D eigenvalue weighted by Crippen LogP contribution is 2.19. The van der Waals surface area contributed by atoms with E-state index < -0.39 is 15.8 Å². The number of carbonyl (C=O) groups excluding carboxylic acids is 1. The molecule has 0 spiro atoms. The summed E-state index contributed by atoms with van der Waals surface area (Å²) in [6.07, 6.45) is 0. The third-order valence-corrected chi connectivity index (χ3v) is 5.25. The molecule has 148 valence electrons. The average molecular weight is 416 g/mol. The van der Waals surface area contributed by atoms with Crippen LogP contribution in [0.25, 0.3) is 0 Å². The molecule has 0 aliphatic rings. The number of carbonyl (C=O) groups is 1. The first kappa shape index (κ1) is 22.9. The second kappa shape index (κ2) is 9.68. The van der Waals surface area contributed by atoms with E-state index in [0.29, 0.717) is 18.7 Å². The predicted molar refractivity (Wildman–Crippen MR) is 106 cm³/mol. The van der Waals surface area contributed by atoms with Gasteiger partial charge in [-0.25, -0.2) is 12.8 Å². The van der Waals surface area contributed by atoms with Gasteiger partial charge >= 0.3 is 0 Å². The van der Waals surface area contributed by atoms with Crippen LogP contribution in [0, 0.1) is 18.7 Å². The van der Waals surface area contributed by atoms with Crippen molar-refractivity contribution in [1.82, 2.24) is 5.32 Å². The zero-order chi connectivity index (χ0) is 19.3. The molecule has 0 bridgehead atoms. The SMILES string of the molecule is Cc1ccc(S(=O)(=O)Nc2ccc(F)cc2)cc1C(=O)NCC(C)CN.Cl. The van der Waals surface area contributed by atoms with E-state index in [1.54, 1.807) is 13.0 Å². The van der Waals surface area contributed by atoms with Crippen LogP contribution in [0.4, 0.5) is 10.1 Å². The van der Waals surface area contributed by atoms with Gasteiger partial charge in [0.15, 0.2) is 0 Å². The van der Waals surface area contributed by atoms with Gasteiger partial charge in [0.25, 0.3) is 15.9 Å². The van der Waals surface area contributed by atoms with Crippen LogP contribution >= 0.6 is 12.4 Å². The van der Waals surface area contributed by atoms with Crippen molar-refractivity contribution in [3.63, 3.8) is 0 Å². The van der Waals surface area contributed by atoms with E-state index in [0.717, 1.165) is 12.1 Å². The first-order valence-corrected chi connectivity index (χ1v) is 9.58. The Labute approximate surface area is 164 Å². The second-order valence-electron chi connectivity index (χ2n) is 6.14. The predicted octanol–water partition coefficient (Wildman–Crippen LogP) is 2.68. The maximum absolute atomic E-state index is 13.0. The Kier molecular flexibility index (Phi) is 8.20. The highest BCUT2D eigenvalue weighted by atomic mass is 35.5. The summed E-state index contributed by atoms with van der Waals surface area (Å²) in [7, 11) is -3.91. The summed E-state index contributed by atoms with van der Waals surface area (Å²) in [6, 6.07) is 9.27. The molecule has 0 aliphatic heterocycles. The Morgan fingerprint density at radius 3 is 2.41 bits per heavy atom. The molecule has 2 rings (SSSR count). The molecule has 0 fully saturated rings. The fourth-order valence-electron chi connectivity index (χ4n) is 2.19. The first-order valence-electron chi connectivity index (χ1n) is 8.10. The molecule has 1 unspecified atom stereocenters. The first-order chi connectivity index (χ1) is 12.2. The fraction of sp³-hybridized carbons (Fsp3) is 0.278. The number of hydrogen-bond acceptors (Lipinski definition) is 4. The normalized spacial score (nSPS) is 12.0. The molecule has 1 atom stereocenters. The highest BCUT2D eigenvalue weighted by Gasteiger charge is 2.18. The average Bonchev–Trinajstić information content (AvgIpc) is 2.61. The second-order valence-corrected chi connectivity index (χ2v) is 7.82. The summed E-state index contributed by atoms with van der Waals surface area (Å²) in [5, 5.41) is 2.75. The molecule has 9 heteroatoms. The monoisotopic (exact) mass is 415 g/mol. The van der Waals surface area contributed by atoms with E-state index in [4.69, 9.17) is 5.73 Å². The molecule has 27 heavy (non-hydrogen) atoms. The van der Waals surface area contributed by atoms with E-state index >= 15 is 0 Å². The van der Waals surface area contributed by atoms with Crippen molar-refractivity contribution in [3.8, 4) is 0 Å². The van der Waals surface area contributed by atoms with Gasteiger partial charge in [0.1, 0.15) is 5.82 Å². The molecular weight excluding hydrogens is 393 g/mol. The zero-order valence-corrected chi connectivity index (χ0v) is 16.7. The molecule has 1 amide bonds. The van der Waals surface area contributed by atoms with E-state index in [-0.39, 0.29) is 40.4 Å². The quantitative estimate of drug-likeness (QED) is 0.647. The number of nitrogens with one attached hydrogen (secondary N) is 2. The number of rotatable bonds is 7. The molecule has 2 aromatic rings. The van der Waals surface area contributed by atoms with Crippen LogP contribution in [0.5, 0.6) is 0 Å². The van der Waals surface area contributed by atoms with Gasteiger partial charge < -0.3 is 11.1 Å². The van der Waals surface area contributed by atoms with Crippen LogP contribution in [-0.4, -0.2) is 27.4 Å². The van der Waals surface area contributed by atoms with Gasteiger partial charge in [0.05, 0.1) is 4.90 Å². The summed E-state index contributed by atoms with van der Waals surface area (Å²) in [4.78, 5) is 12.3. The Morgan fingerprint density at radius 1 is 1.19 bits per heavy atom. The van der Waals surface area contributed by atoms with Crippen molar-refractivity contribution in [2.24, 2.45) is 11.7 Å². The van der Waals surface area contributed by atoms with Crippen molar-refractivity contribution in [2.45, 2.75) is 18.7 Å². The minimum atomic E-state index is -3.91. The number of amides is 1. The van der Waals surface area contributed by atoms with Crippen molar-refractivity contribution in [1.29, 1.82) is 0 Å². The van der Waals surface area contributed by atoms with Crippen LogP contribution in [0.1, 0.15) is 22.8 Å². The topological polar surface area (TPSA) is 101 Å². The van der Waals surface area contributed by atoms with Crippen molar-refractivity contribution in [2.75, 3.05) is 17.8 Å². The molecule has 0 saturated carbocycles. The van der Waals surface area contributed by atoms with Crippen LogP contribution < -0.4 is 15.8 Å². The molecule has 0 radical (unpaired) electrons. The lowest BCUT2D eigenvalue weighted by Crippen LogP contribution is -2.31. The number of benzene rings is 2. The molecular formula is C18H23ClFN3O3S. The lowest BCUT2D eigenvalue weighted by Gasteiger charge is -2.13. The van der Waals surface area contributed by atoms with Gasteiger partial charge in [0, 0.05) is 17.8 Å². The molecule has 0 saturated heterocycles. The van der Waals surface area contributed by atoms with E-state index in [1.165, 1.54) is 24.3 Å². The minimum Gasteiger partial charge on any atom is -0.352 e. The van der Waals surface area contributed by atoms with Gasteiger partial charge in [-0.3, -0.25) is 9.52 Å². The fourth-order valence-corrected chi connectivity index (χ4v) is 3.27. The number of anilines is 1. The van der Waals surface area contributed by atoms with Crippen LogP contribution in [0.2, 0.25) is 0 Å². The summed E-state index contributed by atoms with van der Waals surface area (Å²) in [6.45, 7) is 4.47. The van der Waals surface area contributed by atoms with Crippen molar-refractivity contribution >= 4 is 34.0 Å². The molecule has 2 aromatic carbocycles. The zero-order valence-electron chi connectivity index (χ0n) is 15.0. The standard InChI is InChI=1S/C18H22FN3O3S.ClH/c1-12(10-20)11-21-18(23)17-9-16(8-3-13(17)2)26(24,25)22-15-6-4-14(19)5-7-15;/h3-9,12,22H,10-11,20H2,1-2H3,(H,21,23);1H. The van der Waals surface area contributed by atoms with Gasteiger partial charge in [-0.05, 0) is 61.3 Å². The summed E-state index contributed by atoms with van der Waals surface area (Å²) in [5.74, 6) is -0.707.